The quantitative estimate of drug-likeness (QED) is 0.225. The number of carboxylic acid groups (broad SMARTS) is 1. The number of unbranched alkanes of at least 4 members (excludes halogenated alkanes) is 10. The summed E-state index contributed by atoms with van der Waals surface area (Å²) in [5.41, 5.74) is 0. The van der Waals surface area contributed by atoms with Gasteiger partial charge in [0.1, 0.15) is 0 Å². The SMILES string of the molecule is C1=CC2CCC1C2.CCCCCCCC/C=C\CCCCCCC(C)C(=O)O. The van der Waals surface area contributed by atoms with Crippen molar-refractivity contribution in [2.24, 2.45) is 17.8 Å². The second-order valence-corrected chi connectivity index (χ2v) is 8.98. The van der Waals surface area contributed by atoms with Gasteiger partial charge in [0.05, 0.1) is 5.92 Å². The van der Waals surface area contributed by atoms with Crippen molar-refractivity contribution in [2.45, 2.75) is 117 Å². The summed E-state index contributed by atoms with van der Waals surface area (Å²) in [6, 6.07) is 0. The summed E-state index contributed by atoms with van der Waals surface area (Å²) in [4.78, 5) is 10.7. The average Bonchev–Trinajstić information content (AvgIpc) is 3.34. The number of fused-ring (bicyclic) bond motifs is 2. The number of carboxylic acids is 1. The highest BCUT2D eigenvalue weighted by atomic mass is 16.4. The Labute approximate surface area is 174 Å². The predicted octanol–water partition coefficient (Wildman–Crippen LogP) is 8.33. The Balaban J connectivity index is 0.000000453. The fourth-order valence-electron chi connectivity index (χ4n) is 4.18. The topological polar surface area (TPSA) is 37.3 Å². The summed E-state index contributed by atoms with van der Waals surface area (Å²) in [5, 5.41) is 8.78. The van der Waals surface area contributed by atoms with Crippen LogP contribution >= 0.6 is 0 Å². The van der Waals surface area contributed by atoms with Gasteiger partial charge in [-0.2, -0.15) is 0 Å². The second-order valence-electron chi connectivity index (χ2n) is 8.98. The lowest BCUT2D eigenvalue weighted by Gasteiger charge is -2.04. The lowest BCUT2D eigenvalue weighted by molar-refractivity contribution is -0.141. The maximum absolute atomic E-state index is 10.7. The van der Waals surface area contributed by atoms with E-state index in [0.29, 0.717) is 0 Å². The van der Waals surface area contributed by atoms with Crippen LogP contribution in [0.5, 0.6) is 0 Å². The average molecular weight is 391 g/mol. The summed E-state index contributed by atoms with van der Waals surface area (Å²) in [5.74, 6) is 1.14. The minimum atomic E-state index is -0.660. The monoisotopic (exact) mass is 390 g/mol. The summed E-state index contributed by atoms with van der Waals surface area (Å²) < 4.78 is 0. The molecule has 3 unspecified atom stereocenters. The molecule has 0 amide bonds. The van der Waals surface area contributed by atoms with Crippen molar-refractivity contribution < 1.29 is 9.90 Å². The lowest BCUT2D eigenvalue weighted by atomic mass is 10.0. The molecular formula is C26H46O2. The normalized spacial score (nSPS) is 21.1. The van der Waals surface area contributed by atoms with E-state index in [1.807, 2.05) is 0 Å². The smallest absolute Gasteiger partial charge is 0.306 e. The first-order valence-corrected chi connectivity index (χ1v) is 12.2. The van der Waals surface area contributed by atoms with E-state index in [4.69, 9.17) is 5.11 Å². The van der Waals surface area contributed by atoms with Gasteiger partial charge in [0.2, 0.25) is 0 Å². The molecule has 3 atom stereocenters. The molecular weight excluding hydrogens is 344 g/mol. The Hall–Kier alpha value is -1.05. The van der Waals surface area contributed by atoms with E-state index < -0.39 is 5.97 Å². The number of aliphatic carboxylic acids is 1. The van der Waals surface area contributed by atoms with E-state index in [1.54, 1.807) is 6.92 Å². The van der Waals surface area contributed by atoms with Gasteiger partial charge in [-0.3, -0.25) is 4.79 Å². The van der Waals surface area contributed by atoms with E-state index >= 15 is 0 Å². The number of hydrogen-bond donors (Lipinski definition) is 1. The molecule has 2 rings (SSSR count). The molecule has 0 aromatic heterocycles. The van der Waals surface area contributed by atoms with Gasteiger partial charge in [0.15, 0.2) is 0 Å². The maximum Gasteiger partial charge on any atom is 0.306 e. The first kappa shape index (κ1) is 25.0. The van der Waals surface area contributed by atoms with Gasteiger partial charge in [-0.1, -0.05) is 89.5 Å². The van der Waals surface area contributed by atoms with Crippen LogP contribution in [0, 0.1) is 17.8 Å². The fourth-order valence-corrected chi connectivity index (χ4v) is 4.18. The number of rotatable bonds is 15. The molecule has 0 aliphatic heterocycles. The number of allylic oxidation sites excluding steroid dienone is 4. The third-order valence-corrected chi connectivity index (χ3v) is 6.24. The molecule has 28 heavy (non-hydrogen) atoms. The van der Waals surface area contributed by atoms with Crippen LogP contribution in [0.2, 0.25) is 0 Å². The second kappa shape index (κ2) is 16.9. The number of hydrogen-bond acceptors (Lipinski definition) is 1. The standard InChI is InChI=1S/C19H36O2.C7H10/c1-3-4-5-6-7-8-9-10-11-12-13-14-15-16-17-18(2)19(20)21;1-2-7-4-3-6(1)5-7/h10-11,18H,3-9,12-17H2,1-2H3,(H,20,21);1-2,6-7H,3-5H2/b11-10-;. The van der Waals surface area contributed by atoms with Crippen molar-refractivity contribution in [3.63, 3.8) is 0 Å². The summed E-state index contributed by atoms with van der Waals surface area (Å²) >= 11 is 0. The molecule has 2 nitrogen and oxygen atoms in total. The predicted molar refractivity (Wildman–Crippen MR) is 122 cm³/mol. The largest absolute Gasteiger partial charge is 0.481 e. The summed E-state index contributed by atoms with van der Waals surface area (Å²) in [6.45, 7) is 4.06. The zero-order chi connectivity index (χ0) is 20.5. The van der Waals surface area contributed by atoms with E-state index in [1.165, 1.54) is 89.9 Å². The zero-order valence-corrected chi connectivity index (χ0v) is 18.7. The van der Waals surface area contributed by atoms with Crippen LogP contribution in [-0.4, -0.2) is 11.1 Å². The molecule has 0 aromatic rings. The molecule has 0 radical (unpaired) electrons. The highest BCUT2D eigenvalue weighted by Crippen LogP contribution is 2.38. The molecule has 0 aromatic carbocycles. The molecule has 2 heteroatoms. The lowest BCUT2D eigenvalue weighted by Crippen LogP contribution is -2.08. The minimum Gasteiger partial charge on any atom is -0.481 e. The van der Waals surface area contributed by atoms with Crippen molar-refractivity contribution >= 4 is 5.97 Å². The zero-order valence-electron chi connectivity index (χ0n) is 18.7. The van der Waals surface area contributed by atoms with Crippen LogP contribution in [0.15, 0.2) is 24.3 Å². The molecule has 0 heterocycles. The van der Waals surface area contributed by atoms with Crippen molar-refractivity contribution in [1.29, 1.82) is 0 Å². The van der Waals surface area contributed by atoms with Gasteiger partial charge in [0, 0.05) is 0 Å². The number of carbonyl (C=O) groups is 1. The van der Waals surface area contributed by atoms with Crippen LogP contribution < -0.4 is 0 Å². The van der Waals surface area contributed by atoms with Crippen LogP contribution in [-0.2, 0) is 4.79 Å². The van der Waals surface area contributed by atoms with Crippen molar-refractivity contribution in [3.05, 3.63) is 24.3 Å². The molecule has 1 saturated carbocycles. The van der Waals surface area contributed by atoms with Crippen molar-refractivity contribution in [2.75, 3.05) is 0 Å². The van der Waals surface area contributed by atoms with Gasteiger partial charge in [-0.15, -0.1) is 0 Å². The van der Waals surface area contributed by atoms with Gasteiger partial charge in [0.25, 0.3) is 0 Å². The first-order valence-electron chi connectivity index (χ1n) is 12.2. The molecule has 2 bridgehead atoms. The molecule has 2 aliphatic carbocycles. The molecule has 162 valence electrons. The van der Waals surface area contributed by atoms with Crippen LogP contribution in [0.1, 0.15) is 117 Å². The third-order valence-electron chi connectivity index (χ3n) is 6.24. The van der Waals surface area contributed by atoms with Gasteiger partial charge >= 0.3 is 5.97 Å². The highest BCUT2D eigenvalue weighted by molar-refractivity contribution is 5.69. The van der Waals surface area contributed by atoms with E-state index in [-0.39, 0.29) is 5.92 Å². The van der Waals surface area contributed by atoms with E-state index in [9.17, 15) is 4.79 Å². The van der Waals surface area contributed by atoms with Crippen LogP contribution in [0.4, 0.5) is 0 Å². The van der Waals surface area contributed by atoms with Crippen molar-refractivity contribution in [1.82, 2.24) is 0 Å². The van der Waals surface area contributed by atoms with Gasteiger partial charge in [-0.05, 0) is 63.2 Å². The van der Waals surface area contributed by atoms with Crippen LogP contribution in [0.3, 0.4) is 0 Å². The first-order chi connectivity index (χ1) is 13.6. The Morgan fingerprint density at radius 2 is 1.39 bits per heavy atom. The highest BCUT2D eigenvalue weighted by Gasteiger charge is 2.25. The molecule has 0 saturated heterocycles. The Bertz CT molecular complexity index is 426. The summed E-state index contributed by atoms with van der Waals surface area (Å²) in [6.07, 6.45) is 30.0. The van der Waals surface area contributed by atoms with Crippen molar-refractivity contribution in [3.8, 4) is 0 Å². The van der Waals surface area contributed by atoms with E-state index in [2.05, 4.69) is 31.2 Å². The summed E-state index contributed by atoms with van der Waals surface area (Å²) in [7, 11) is 0. The maximum atomic E-state index is 10.7. The third kappa shape index (κ3) is 13.2. The molecule has 2 aliphatic rings. The van der Waals surface area contributed by atoms with Gasteiger partial charge < -0.3 is 5.11 Å². The molecule has 1 N–H and O–H groups in total. The van der Waals surface area contributed by atoms with Gasteiger partial charge in [-0.25, -0.2) is 0 Å². The Morgan fingerprint density at radius 1 is 0.893 bits per heavy atom. The molecule has 0 spiro atoms. The minimum absolute atomic E-state index is 0.178. The van der Waals surface area contributed by atoms with E-state index in [0.717, 1.165) is 24.7 Å². The Morgan fingerprint density at radius 3 is 1.82 bits per heavy atom. The van der Waals surface area contributed by atoms with Crippen LogP contribution in [0.25, 0.3) is 0 Å². The Kier molecular flexibility index (Phi) is 15.0. The molecule has 1 fully saturated rings. The fraction of sp³-hybridized carbons (Fsp3) is 0.808.